The summed E-state index contributed by atoms with van der Waals surface area (Å²) in [6.07, 6.45) is 1.49. The highest BCUT2D eigenvalue weighted by Crippen LogP contribution is 2.35. The van der Waals surface area contributed by atoms with Crippen molar-refractivity contribution in [2.75, 3.05) is 13.7 Å². The largest absolute Gasteiger partial charge is 0.493 e. The fraction of sp³-hybridized carbons (Fsp3) is 0.500. The van der Waals surface area contributed by atoms with E-state index < -0.39 is 0 Å². The topological polar surface area (TPSA) is 59.4 Å². The lowest BCUT2D eigenvalue weighted by atomic mass is 9.98. The van der Waals surface area contributed by atoms with E-state index >= 15 is 0 Å². The number of hydrogen-bond acceptors (Lipinski definition) is 4. The van der Waals surface area contributed by atoms with Crippen LogP contribution in [-0.4, -0.2) is 40.3 Å². The molecule has 0 unspecified atom stereocenters. The Balaban J connectivity index is 1.55. The number of benzene rings is 1. The molecule has 1 aromatic heterocycles. The van der Waals surface area contributed by atoms with E-state index in [0.29, 0.717) is 6.42 Å². The van der Waals surface area contributed by atoms with E-state index in [1.165, 1.54) is 16.7 Å². The molecular formula is C20H26N4O2. The van der Waals surface area contributed by atoms with Crippen LogP contribution in [0.2, 0.25) is 0 Å². The summed E-state index contributed by atoms with van der Waals surface area (Å²) in [7, 11) is 3.85. The van der Waals surface area contributed by atoms with Gasteiger partial charge in [0.15, 0.2) is 0 Å². The summed E-state index contributed by atoms with van der Waals surface area (Å²) in [6.45, 7) is 5.61. The molecule has 6 heteroatoms. The summed E-state index contributed by atoms with van der Waals surface area (Å²) in [5.41, 5.74) is 5.79. The number of carbonyl (C=O) groups excluding carboxylic acids is 1. The molecule has 1 amide bonds. The Morgan fingerprint density at radius 2 is 2.12 bits per heavy atom. The van der Waals surface area contributed by atoms with Gasteiger partial charge >= 0.3 is 0 Å². The molecule has 2 aliphatic heterocycles. The van der Waals surface area contributed by atoms with Crippen molar-refractivity contribution in [2.45, 2.75) is 45.3 Å². The molecule has 2 aliphatic rings. The molecule has 0 aliphatic carbocycles. The predicted octanol–water partition coefficient (Wildman–Crippen LogP) is 2.03. The first-order valence-corrected chi connectivity index (χ1v) is 9.19. The Labute approximate surface area is 154 Å². The summed E-state index contributed by atoms with van der Waals surface area (Å²) < 4.78 is 7.48. The number of nitrogens with one attached hydrogen (secondary N) is 1. The van der Waals surface area contributed by atoms with Gasteiger partial charge in [-0.15, -0.1) is 0 Å². The quantitative estimate of drug-likeness (QED) is 0.913. The molecule has 1 saturated heterocycles. The standard InChI is InChI=1S/C20H26N4O2/c1-12-19(13(2)24(4)22-12)20-16(10-18(25)23(20)3)21-11-14-5-6-17-15(9-14)7-8-26-17/h5-6,9,16,20-21H,7-8,10-11H2,1-4H3/t16-,20-/m1/s1. The number of aryl methyl sites for hydroxylation is 2. The van der Waals surface area contributed by atoms with E-state index in [1.807, 2.05) is 30.6 Å². The highest BCUT2D eigenvalue weighted by atomic mass is 16.5. The van der Waals surface area contributed by atoms with Crippen molar-refractivity contribution in [1.82, 2.24) is 20.0 Å². The summed E-state index contributed by atoms with van der Waals surface area (Å²) in [6, 6.07) is 6.48. The highest BCUT2D eigenvalue weighted by Gasteiger charge is 2.40. The van der Waals surface area contributed by atoms with Crippen molar-refractivity contribution in [2.24, 2.45) is 7.05 Å². The van der Waals surface area contributed by atoms with Gasteiger partial charge in [0.2, 0.25) is 5.91 Å². The SMILES string of the molecule is Cc1nn(C)c(C)c1[C@H]1[C@H](NCc2ccc3c(c2)CCO3)CC(=O)N1C. The van der Waals surface area contributed by atoms with Crippen LogP contribution in [0.1, 0.15) is 40.5 Å². The van der Waals surface area contributed by atoms with Gasteiger partial charge in [-0.05, 0) is 31.0 Å². The zero-order chi connectivity index (χ0) is 18.4. The summed E-state index contributed by atoms with van der Waals surface area (Å²) in [5.74, 6) is 1.18. The molecule has 3 heterocycles. The predicted molar refractivity (Wildman–Crippen MR) is 99.1 cm³/mol. The van der Waals surface area contributed by atoms with E-state index in [1.54, 1.807) is 0 Å². The van der Waals surface area contributed by atoms with Gasteiger partial charge in [-0.25, -0.2) is 0 Å². The second-order valence-electron chi connectivity index (χ2n) is 7.39. The van der Waals surface area contributed by atoms with Gasteiger partial charge < -0.3 is 15.0 Å². The lowest BCUT2D eigenvalue weighted by Crippen LogP contribution is -2.35. The molecular weight excluding hydrogens is 328 g/mol. The zero-order valence-corrected chi connectivity index (χ0v) is 15.9. The number of hydrogen-bond donors (Lipinski definition) is 1. The molecule has 0 saturated carbocycles. The van der Waals surface area contributed by atoms with Crippen molar-refractivity contribution in [1.29, 1.82) is 0 Å². The number of likely N-dealkylation sites (N-methyl/N-ethyl adjacent to an activating group) is 1. The normalized spacial score (nSPS) is 22.0. The number of ether oxygens (including phenoxy) is 1. The third kappa shape index (κ3) is 2.78. The number of rotatable bonds is 4. The smallest absolute Gasteiger partial charge is 0.224 e. The minimum absolute atomic E-state index is 0.0222. The third-order valence-corrected chi connectivity index (χ3v) is 5.77. The second-order valence-corrected chi connectivity index (χ2v) is 7.39. The molecule has 26 heavy (non-hydrogen) atoms. The fourth-order valence-electron chi connectivity index (χ4n) is 4.26. The van der Waals surface area contributed by atoms with Crippen LogP contribution in [-0.2, 0) is 24.8 Å². The Bertz CT molecular complexity index is 858. The Morgan fingerprint density at radius 3 is 2.85 bits per heavy atom. The van der Waals surface area contributed by atoms with Gasteiger partial charge in [-0.1, -0.05) is 12.1 Å². The van der Waals surface area contributed by atoms with Crippen LogP contribution in [0.25, 0.3) is 0 Å². The van der Waals surface area contributed by atoms with Crippen LogP contribution < -0.4 is 10.1 Å². The maximum Gasteiger partial charge on any atom is 0.224 e. The monoisotopic (exact) mass is 354 g/mol. The van der Waals surface area contributed by atoms with Crippen molar-refractivity contribution >= 4 is 5.91 Å². The molecule has 4 rings (SSSR count). The van der Waals surface area contributed by atoms with E-state index in [-0.39, 0.29) is 18.0 Å². The first-order valence-electron chi connectivity index (χ1n) is 9.19. The summed E-state index contributed by atoms with van der Waals surface area (Å²) in [4.78, 5) is 14.3. The average molecular weight is 354 g/mol. The molecule has 2 atom stereocenters. The van der Waals surface area contributed by atoms with Gasteiger partial charge in [-0.2, -0.15) is 5.10 Å². The average Bonchev–Trinajstić information content (AvgIpc) is 3.25. The number of nitrogens with zero attached hydrogens (tertiary/aromatic N) is 3. The Hall–Kier alpha value is -2.34. The first-order chi connectivity index (χ1) is 12.5. The van der Waals surface area contributed by atoms with E-state index in [4.69, 9.17) is 4.74 Å². The van der Waals surface area contributed by atoms with Crippen LogP contribution in [0.5, 0.6) is 5.75 Å². The summed E-state index contributed by atoms with van der Waals surface area (Å²) >= 11 is 0. The minimum atomic E-state index is 0.0222. The molecule has 1 N–H and O–H groups in total. The first kappa shape index (κ1) is 17.1. The molecule has 1 fully saturated rings. The minimum Gasteiger partial charge on any atom is -0.493 e. The molecule has 6 nitrogen and oxygen atoms in total. The van der Waals surface area contributed by atoms with Crippen LogP contribution in [0, 0.1) is 13.8 Å². The van der Waals surface area contributed by atoms with Gasteiger partial charge in [0.05, 0.1) is 18.3 Å². The van der Waals surface area contributed by atoms with E-state index in [9.17, 15) is 4.79 Å². The highest BCUT2D eigenvalue weighted by molar-refractivity contribution is 5.80. The Morgan fingerprint density at radius 1 is 1.31 bits per heavy atom. The molecule has 0 spiro atoms. The number of aromatic nitrogens is 2. The fourth-order valence-corrected chi connectivity index (χ4v) is 4.26. The third-order valence-electron chi connectivity index (χ3n) is 5.77. The lowest BCUT2D eigenvalue weighted by Gasteiger charge is -2.26. The van der Waals surface area contributed by atoms with Crippen LogP contribution in [0.15, 0.2) is 18.2 Å². The number of likely N-dealkylation sites (tertiary alicyclic amines) is 1. The van der Waals surface area contributed by atoms with Crippen LogP contribution in [0.4, 0.5) is 0 Å². The molecule has 138 valence electrons. The lowest BCUT2D eigenvalue weighted by molar-refractivity contribution is -0.127. The van der Waals surface area contributed by atoms with Crippen molar-refractivity contribution in [3.05, 3.63) is 46.3 Å². The molecule has 2 aromatic rings. The van der Waals surface area contributed by atoms with Crippen LogP contribution in [0.3, 0.4) is 0 Å². The van der Waals surface area contributed by atoms with Crippen LogP contribution >= 0.6 is 0 Å². The number of fused-ring (bicyclic) bond motifs is 1. The zero-order valence-electron chi connectivity index (χ0n) is 15.9. The van der Waals surface area contributed by atoms with Gasteiger partial charge in [0, 0.05) is 50.8 Å². The van der Waals surface area contributed by atoms with Crippen molar-refractivity contribution in [3.63, 3.8) is 0 Å². The Kier molecular flexibility index (Phi) is 4.23. The van der Waals surface area contributed by atoms with Crippen molar-refractivity contribution in [3.8, 4) is 5.75 Å². The number of amides is 1. The van der Waals surface area contributed by atoms with E-state index in [0.717, 1.165) is 36.7 Å². The van der Waals surface area contributed by atoms with Gasteiger partial charge in [0.1, 0.15) is 5.75 Å². The second kappa shape index (κ2) is 6.43. The molecule has 1 aromatic carbocycles. The van der Waals surface area contributed by atoms with Gasteiger partial charge in [0.25, 0.3) is 0 Å². The maximum absolute atomic E-state index is 12.4. The van der Waals surface area contributed by atoms with E-state index in [2.05, 4.69) is 35.5 Å². The van der Waals surface area contributed by atoms with Crippen molar-refractivity contribution < 1.29 is 9.53 Å². The molecule has 0 radical (unpaired) electrons. The number of carbonyl (C=O) groups is 1. The molecule has 0 bridgehead atoms. The van der Waals surface area contributed by atoms with Gasteiger partial charge in [-0.3, -0.25) is 9.48 Å². The maximum atomic E-state index is 12.4. The summed E-state index contributed by atoms with van der Waals surface area (Å²) in [5, 5.41) is 8.17.